The quantitative estimate of drug-likeness (QED) is 0.531. The smallest absolute Gasteiger partial charge is 0.261 e. The molecule has 0 spiro atoms. The van der Waals surface area contributed by atoms with Gasteiger partial charge in [0, 0.05) is 31.2 Å². The van der Waals surface area contributed by atoms with E-state index in [1.165, 1.54) is 18.9 Å². The van der Waals surface area contributed by atoms with Gasteiger partial charge in [0.15, 0.2) is 0 Å². The van der Waals surface area contributed by atoms with Crippen LogP contribution in [0.2, 0.25) is 0 Å². The summed E-state index contributed by atoms with van der Waals surface area (Å²) in [6, 6.07) is 11.0. The van der Waals surface area contributed by atoms with E-state index in [1.807, 2.05) is 13.8 Å². The SMILES string of the molecule is Cc1ccc(S(=O)(=O)Nc2ccc3c(c2)C(=O)N([C@H](C)CO)C[C@H](C)[C@@H](CN(C)CC2CC2)O3)cc1. The van der Waals surface area contributed by atoms with Gasteiger partial charge >= 0.3 is 0 Å². The predicted molar refractivity (Wildman–Crippen MR) is 140 cm³/mol. The Bertz CT molecular complexity index is 1180. The van der Waals surface area contributed by atoms with Gasteiger partial charge in [-0.2, -0.15) is 0 Å². The Balaban J connectivity index is 1.64. The molecule has 2 aliphatic rings. The highest BCUT2D eigenvalue weighted by Gasteiger charge is 2.34. The standard InChI is InChI=1S/C27H37N3O5S/c1-18-5-10-23(11-6-18)36(33,34)28-22-9-12-25-24(13-22)27(32)30(20(3)17-31)14-19(2)26(35-25)16-29(4)15-21-7-8-21/h5-6,9-13,19-21,26,28,31H,7-8,14-17H2,1-4H3/t19-,20+,26+/m0/s1. The second kappa shape index (κ2) is 10.8. The van der Waals surface area contributed by atoms with Crippen molar-refractivity contribution in [3.63, 3.8) is 0 Å². The summed E-state index contributed by atoms with van der Waals surface area (Å²) in [5.74, 6) is 0.921. The van der Waals surface area contributed by atoms with Crippen molar-refractivity contribution in [2.75, 3.05) is 38.0 Å². The number of aryl methyl sites for hydroxylation is 1. The van der Waals surface area contributed by atoms with Crippen LogP contribution in [0.4, 0.5) is 5.69 Å². The summed E-state index contributed by atoms with van der Waals surface area (Å²) in [6.07, 6.45) is 2.38. The van der Waals surface area contributed by atoms with Gasteiger partial charge in [-0.3, -0.25) is 9.52 Å². The summed E-state index contributed by atoms with van der Waals surface area (Å²) in [5.41, 5.74) is 1.52. The molecule has 1 aliphatic carbocycles. The molecule has 1 amide bonds. The minimum Gasteiger partial charge on any atom is -0.488 e. The molecule has 1 fully saturated rings. The van der Waals surface area contributed by atoms with Crippen LogP contribution in [0.25, 0.3) is 0 Å². The maximum Gasteiger partial charge on any atom is 0.261 e. The first-order chi connectivity index (χ1) is 17.1. The number of amides is 1. The van der Waals surface area contributed by atoms with Gasteiger partial charge in [0.2, 0.25) is 0 Å². The number of sulfonamides is 1. The number of hydrogen-bond acceptors (Lipinski definition) is 6. The molecule has 2 N–H and O–H groups in total. The van der Waals surface area contributed by atoms with Crippen LogP contribution in [0.5, 0.6) is 5.75 Å². The zero-order valence-electron chi connectivity index (χ0n) is 21.5. The van der Waals surface area contributed by atoms with E-state index >= 15 is 0 Å². The number of anilines is 1. The second-order valence-corrected chi connectivity index (χ2v) is 12.1. The van der Waals surface area contributed by atoms with Crippen molar-refractivity contribution in [3.8, 4) is 5.75 Å². The first kappa shape index (κ1) is 26.4. The Morgan fingerprint density at radius 3 is 2.50 bits per heavy atom. The fraction of sp³-hybridized carbons (Fsp3) is 0.519. The van der Waals surface area contributed by atoms with Crippen molar-refractivity contribution in [1.82, 2.24) is 9.80 Å². The highest BCUT2D eigenvalue weighted by Crippen LogP contribution is 2.33. The molecular weight excluding hydrogens is 478 g/mol. The van der Waals surface area contributed by atoms with Gasteiger partial charge in [-0.15, -0.1) is 0 Å². The summed E-state index contributed by atoms with van der Waals surface area (Å²) >= 11 is 0. The van der Waals surface area contributed by atoms with Crippen LogP contribution >= 0.6 is 0 Å². The fourth-order valence-corrected chi connectivity index (χ4v) is 5.61. The highest BCUT2D eigenvalue weighted by atomic mass is 32.2. The number of nitrogens with one attached hydrogen (secondary N) is 1. The Kier molecular flexibility index (Phi) is 7.92. The molecule has 1 saturated carbocycles. The monoisotopic (exact) mass is 515 g/mol. The van der Waals surface area contributed by atoms with E-state index in [0.29, 0.717) is 18.8 Å². The van der Waals surface area contributed by atoms with Crippen LogP contribution in [-0.2, 0) is 10.0 Å². The van der Waals surface area contributed by atoms with Gasteiger partial charge in [0.05, 0.1) is 23.1 Å². The molecule has 8 nitrogen and oxygen atoms in total. The van der Waals surface area contributed by atoms with Crippen LogP contribution < -0.4 is 9.46 Å². The molecule has 0 unspecified atom stereocenters. The van der Waals surface area contributed by atoms with Crippen LogP contribution in [0.1, 0.15) is 42.6 Å². The number of rotatable bonds is 9. The number of carbonyl (C=O) groups is 1. The van der Waals surface area contributed by atoms with Gasteiger partial charge in [-0.05, 0) is 70.0 Å². The lowest BCUT2D eigenvalue weighted by molar-refractivity contribution is 0.0344. The second-order valence-electron chi connectivity index (χ2n) is 10.4. The summed E-state index contributed by atoms with van der Waals surface area (Å²) in [6.45, 7) is 7.77. The zero-order valence-corrected chi connectivity index (χ0v) is 22.3. The summed E-state index contributed by atoms with van der Waals surface area (Å²) in [5, 5.41) is 9.85. The topological polar surface area (TPSA) is 99.2 Å². The minimum atomic E-state index is -3.83. The van der Waals surface area contributed by atoms with Gasteiger partial charge in [0.25, 0.3) is 15.9 Å². The lowest BCUT2D eigenvalue weighted by Crippen LogP contribution is -2.50. The number of benzene rings is 2. The molecule has 0 radical (unpaired) electrons. The van der Waals surface area contributed by atoms with Crippen LogP contribution in [0.15, 0.2) is 47.4 Å². The first-order valence-electron chi connectivity index (χ1n) is 12.6. The molecule has 0 saturated heterocycles. The van der Waals surface area contributed by atoms with E-state index in [4.69, 9.17) is 4.74 Å². The number of aliphatic hydroxyl groups is 1. The van der Waals surface area contributed by atoms with Crippen LogP contribution in [0, 0.1) is 18.8 Å². The van der Waals surface area contributed by atoms with E-state index in [2.05, 4.69) is 23.6 Å². The maximum atomic E-state index is 13.6. The third-order valence-electron chi connectivity index (χ3n) is 7.01. The van der Waals surface area contributed by atoms with E-state index in [1.54, 1.807) is 41.3 Å². The van der Waals surface area contributed by atoms with Crippen LogP contribution in [-0.4, -0.2) is 74.7 Å². The molecule has 3 atom stereocenters. The third kappa shape index (κ3) is 6.19. The van der Waals surface area contributed by atoms with Crippen molar-refractivity contribution in [3.05, 3.63) is 53.6 Å². The van der Waals surface area contributed by atoms with Gasteiger partial charge in [0.1, 0.15) is 11.9 Å². The Labute approximate surface area is 214 Å². The molecular formula is C27H37N3O5S. The van der Waals surface area contributed by atoms with Crippen LogP contribution in [0.3, 0.4) is 0 Å². The number of nitrogens with zero attached hydrogens (tertiary/aromatic N) is 2. The fourth-order valence-electron chi connectivity index (χ4n) is 4.56. The average molecular weight is 516 g/mol. The number of aliphatic hydroxyl groups excluding tert-OH is 1. The largest absolute Gasteiger partial charge is 0.488 e. The van der Waals surface area contributed by atoms with Gasteiger partial charge < -0.3 is 19.6 Å². The minimum absolute atomic E-state index is 0.0393. The normalized spacial score (nSPS) is 21.4. The molecule has 196 valence electrons. The lowest BCUT2D eigenvalue weighted by atomic mass is 9.99. The summed E-state index contributed by atoms with van der Waals surface area (Å²) in [7, 11) is -1.73. The molecule has 0 aromatic heterocycles. The van der Waals surface area contributed by atoms with Gasteiger partial charge in [-0.1, -0.05) is 24.6 Å². The lowest BCUT2D eigenvalue weighted by Gasteiger charge is -2.38. The van der Waals surface area contributed by atoms with E-state index in [0.717, 1.165) is 18.0 Å². The molecule has 1 heterocycles. The number of hydrogen-bond donors (Lipinski definition) is 2. The summed E-state index contributed by atoms with van der Waals surface area (Å²) in [4.78, 5) is 17.7. The number of fused-ring (bicyclic) bond motifs is 1. The first-order valence-corrected chi connectivity index (χ1v) is 14.1. The van der Waals surface area contributed by atoms with Gasteiger partial charge in [-0.25, -0.2) is 8.42 Å². The van der Waals surface area contributed by atoms with Crippen molar-refractivity contribution in [2.24, 2.45) is 11.8 Å². The molecule has 1 aliphatic heterocycles. The Morgan fingerprint density at radius 1 is 1.17 bits per heavy atom. The summed E-state index contributed by atoms with van der Waals surface area (Å²) < 4.78 is 34.9. The molecule has 4 rings (SSSR count). The Hall–Kier alpha value is -2.62. The number of carbonyl (C=O) groups excluding carboxylic acids is 1. The zero-order chi connectivity index (χ0) is 26.0. The van der Waals surface area contributed by atoms with Crippen molar-refractivity contribution < 1.29 is 23.1 Å². The van der Waals surface area contributed by atoms with E-state index in [9.17, 15) is 18.3 Å². The van der Waals surface area contributed by atoms with Crippen molar-refractivity contribution in [2.45, 2.75) is 50.7 Å². The average Bonchev–Trinajstić information content (AvgIpc) is 3.65. The predicted octanol–water partition coefficient (Wildman–Crippen LogP) is 3.36. The van der Waals surface area contributed by atoms with Crippen molar-refractivity contribution in [1.29, 1.82) is 0 Å². The van der Waals surface area contributed by atoms with Crippen molar-refractivity contribution >= 4 is 21.6 Å². The molecule has 9 heteroatoms. The Morgan fingerprint density at radius 2 is 1.86 bits per heavy atom. The maximum absolute atomic E-state index is 13.6. The molecule has 36 heavy (non-hydrogen) atoms. The number of ether oxygens (including phenoxy) is 1. The molecule has 2 aromatic rings. The van der Waals surface area contributed by atoms with E-state index < -0.39 is 10.0 Å². The number of likely N-dealkylation sites (N-methyl/N-ethyl adjacent to an activating group) is 1. The van der Waals surface area contributed by atoms with E-state index in [-0.39, 0.29) is 46.7 Å². The molecule has 2 aromatic carbocycles. The molecule has 0 bridgehead atoms. The highest BCUT2D eigenvalue weighted by molar-refractivity contribution is 7.92. The third-order valence-corrected chi connectivity index (χ3v) is 8.40.